The number of nitrogens with zero attached hydrogens (tertiary/aromatic N) is 1. The Balaban J connectivity index is 3.01. The van der Waals surface area contributed by atoms with Crippen LogP contribution in [0.3, 0.4) is 0 Å². The SMILES string of the molecule is C[C@@H](c1ccc([N+](=O)[O-])c(F)c1)[C@H](O)CO. The van der Waals surface area contributed by atoms with Gasteiger partial charge in [0.2, 0.25) is 5.82 Å². The van der Waals surface area contributed by atoms with Crippen molar-refractivity contribution in [3.05, 3.63) is 39.7 Å². The third-order valence-electron chi connectivity index (χ3n) is 2.46. The van der Waals surface area contributed by atoms with Gasteiger partial charge in [0, 0.05) is 12.0 Å². The zero-order chi connectivity index (χ0) is 12.3. The minimum absolute atomic E-state index is 0.407. The van der Waals surface area contributed by atoms with E-state index in [1.807, 2.05) is 0 Å². The van der Waals surface area contributed by atoms with Gasteiger partial charge in [-0.2, -0.15) is 4.39 Å². The first-order valence-corrected chi connectivity index (χ1v) is 4.70. The number of rotatable bonds is 4. The zero-order valence-electron chi connectivity index (χ0n) is 8.63. The molecule has 0 fully saturated rings. The van der Waals surface area contributed by atoms with E-state index >= 15 is 0 Å². The van der Waals surface area contributed by atoms with Gasteiger partial charge in [-0.15, -0.1) is 0 Å². The molecule has 1 aromatic rings. The van der Waals surface area contributed by atoms with Crippen LogP contribution in [0.2, 0.25) is 0 Å². The topological polar surface area (TPSA) is 83.6 Å². The van der Waals surface area contributed by atoms with E-state index in [1.165, 1.54) is 6.07 Å². The fourth-order valence-corrected chi connectivity index (χ4v) is 1.33. The molecule has 0 spiro atoms. The molecule has 0 heterocycles. The summed E-state index contributed by atoms with van der Waals surface area (Å²) in [6.45, 7) is 1.15. The molecule has 2 atom stereocenters. The molecule has 0 saturated heterocycles. The minimum Gasteiger partial charge on any atom is -0.394 e. The van der Waals surface area contributed by atoms with Crippen molar-refractivity contribution in [1.29, 1.82) is 0 Å². The van der Waals surface area contributed by atoms with E-state index in [0.29, 0.717) is 5.56 Å². The van der Waals surface area contributed by atoms with Crippen LogP contribution >= 0.6 is 0 Å². The highest BCUT2D eigenvalue weighted by Gasteiger charge is 2.19. The van der Waals surface area contributed by atoms with Crippen LogP contribution in [0.5, 0.6) is 0 Å². The lowest BCUT2D eigenvalue weighted by atomic mass is 9.95. The maximum atomic E-state index is 13.2. The Kier molecular flexibility index (Phi) is 3.92. The van der Waals surface area contributed by atoms with Gasteiger partial charge < -0.3 is 10.2 Å². The van der Waals surface area contributed by atoms with Crippen molar-refractivity contribution in [1.82, 2.24) is 0 Å². The highest BCUT2D eigenvalue weighted by atomic mass is 19.1. The number of aliphatic hydroxyl groups excluding tert-OH is 2. The summed E-state index contributed by atoms with van der Waals surface area (Å²) in [5, 5.41) is 28.4. The quantitative estimate of drug-likeness (QED) is 0.600. The summed E-state index contributed by atoms with van der Waals surface area (Å²) in [5.41, 5.74) is -0.195. The first kappa shape index (κ1) is 12.5. The lowest BCUT2D eigenvalue weighted by Crippen LogP contribution is -2.20. The molecule has 0 aliphatic rings. The summed E-state index contributed by atoms with van der Waals surface area (Å²) in [6.07, 6.45) is -1.01. The second-order valence-corrected chi connectivity index (χ2v) is 3.51. The molecule has 0 unspecified atom stereocenters. The minimum atomic E-state index is -1.01. The molecular weight excluding hydrogens is 217 g/mol. The van der Waals surface area contributed by atoms with Crippen LogP contribution in [0.25, 0.3) is 0 Å². The zero-order valence-corrected chi connectivity index (χ0v) is 8.63. The van der Waals surface area contributed by atoms with Gasteiger partial charge in [0.15, 0.2) is 0 Å². The molecule has 0 bridgehead atoms. The van der Waals surface area contributed by atoms with E-state index in [-0.39, 0.29) is 0 Å². The van der Waals surface area contributed by atoms with E-state index in [2.05, 4.69) is 0 Å². The van der Waals surface area contributed by atoms with Gasteiger partial charge in [-0.25, -0.2) is 0 Å². The normalized spacial score (nSPS) is 14.5. The fourth-order valence-electron chi connectivity index (χ4n) is 1.33. The molecule has 1 aromatic carbocycles. The van der Waals surface area contributed by atoms with Crippen LogP contribution in [0.1, 0.15) is 18.4 Å². The van der Waals surface area contributed by atoms with Gasteiger partial charge in [0.25, 0.3) is 0 Å². The summed E-state index contributed by atoms with van der Waals surface area (Å²) < 4.78 is 13.2. The molecule has 0 amide bonds. The van der Waals surface area contributed by atoms with Crippen molar-refractivity contribution >= 4 is 5.69 Å². The van der Waals surface area contributed by atoms with Crippen molar-refractivity contribution in [3.8, 4) is 0 Å². The molecule has 88 valence electrons. The van der Waals surface area contributed by atoms with Crippen LogP contribution in [-0.2, 0) is 0 Å². The van der Waals surface area contributed by atoms with Gasteiger partial charge in [-0.05, 0) is 11.6 Å². The maximum absolute atomic E-state index is 13.2. The Labute approximate surface area is 91.3 Å². The molecule has 2 N–H and O–H groups in total. The molecule has 0 aliphatic carbocycles. The monoisotopic (exact) mass is 229 g/mol. The first-order chi connectivity index (χ1) is 7.47. The molecule has 0 saturated carbocycles. The highest BCUT2D eigenvalue weighted by Crippen LogP contribution is 2.24. The third kappa shape index (κ3) is 2.53. The van der Waals surface area contributed by atoms with Crippen LogP contribution < -0.4 is 0 Å². The highest BCUT2D eigenvalue weighted by molar-refractivity contribution is 5.36. The first-order valence-electron chi connectivity index (χ1n) is 4.70. The molecule has 16 heavy (non-hydrogen) atoms. The van der Waals surface area contributed by atoms with Crippen molar-refractivity contribution in [2.45, 2.75) is 18.9 Å². The van der Waals surface area contributed by atoms with Crippen LogP contribution in [-0.4, -0.2) is 27.8 Å². The number of halogens is 1. The van der Waals surface area contributed by atoms with E-state index in [4.69, 9.17) is 5.11 Å². The van der Waals surface area contributed by atoms with Crippen molar-refractivity contribution in [3.63, 3.8) is 0 Å². The number of nitro groups is 1. The van der Waals surface area contributed by atoms with Gasteiger partial charge in [-0.3, -0.25) is 10.1 Å². The average Bonchev–Trinajstić information content (AvgIpc) is 2.26. The smallest absolute Gasteiger partial charge is 0.304 e. The predicted octanol–water partition coefficient (Wildman–Crippen LogP) is 1.19. The van der Waals surface area contributed by atoms with Gasteiger partial charge in [0.1, 0.15) is 0 Å². The molecule has 1 rings (SSSR count). The Morgan fingerprint density at radius 3 is 2.62 bits per heavy atom. The van der Waals surface area contributed by atoms with Crippen molar-refractivity contribution in [2.24, 2.45) is 0 Å². The van der Waals surface area contributed by atoms with E-state index in [0.717, 1.165) is 12.1 Å². The fraction of sp³-hybridized carbons (Fsp3) is 0.400. The third-order valence-corrected chi connectivity index (χ3v) is 2.46. The van der Waals surface area contributed by atoms with Gasteiger partial charge >= 0.3 is 5.69 Å². The number of nitro benzene ring substituents is 1. The van der Waals surface area contributed by atoms with Crippen LogP contribution in [0, 0.1) is 15.9 Å². The Morgan fingerprint density at radius 2 is 2.19 bits per heavy atom. The predicted molar refractivity (Wildman–Crippen MR) is 54.6 cm³/mol. The van der Waals surface area contributed by atoms with Crippen molar-refractivity contribution < 1.29 is 19.5 Å². The number of benzene rings is 1. The van der Waals surface area contributed by atoms with Gasteiger partial charge in [0.05, 0.1) is 17.6 Å². The molecule has 5 nitrogen and oxygen atoms in total. The summed E-state index contributed by atoms with van der Waals surface area (Å²) >= 11 is 0. The van der Waals surface area contributed by atoms with E-state index < -0.39 is 35.1 Å². The number of hydrogen-bond acceptors (Lipinski definition) is 4. The standard InChI is InChI=1S/C10H12FNO4/c1-6(10(14)5-13)7-2-3-9(12(15)16)8(11)4-7/h2-4,6,10,13-14H,5H2,1H3/t6-,10+/m0/s1. The molecule has 6 heteroatoms. The second-order valence-electron chi connectivity index (χ2n) is 3.51. The summed E-state index contributed by atoms with van der Waals surface area (Å²) in [7, 11) is 0. The van der Waals surface area contributed by atoms with Crippen molar-refractivity contribution in [2.75, 3.05) is 6.61 Å². The lowest BCUT2D eigenvalue weighted by Gasteiger charge is -2.16. The second kappa shape index (κ2) is 5.00. The van der Waals surface area contributed by atoms with E-state index in [9.17, 15) is 19.6 Å². The van der Waals surface area contributed by atoms with Crippen LogP contribution in [0.4, 0.5) is 10.1 Å². The number of aliphatic hydroxyl groups is 2. The Bertz CT molecular complexity index is 396. The average molecular weight is 229 g/mol. The molecule has 0 aliphatic heterocycles. The van der Waals surface area contributed by atoms with E-state index in [1.54, 1.807) is 6.92 Å². The molecule has 0 aromatic heterocycles. The maximum Gasteiger partial charge on any atom is 0.304 e. The lowest BCUT2D eigenvalue weighted by molar-refractivity contribution is -0.387. The molecule has 0 radical (unpaired) electrons. The molecular formula is C10H12FNO4. The van der Waals surface area contributed by atoms with Crippen LogP contribution in [0.15, 0.2) is 18.2 Å². The number of hydrogen-bond donors (Lipinski definition) is 2. The van der Waals surface area contributed by atoms with Gasteiger partial charge in [-0.1, -0.05) is 13.0 Å². The summed E-state index contributed by atoms with van der Waals surface area (Å²) in [5.74, 6) is -1.43. The summed E-state index contributed by atoms with van der Waals surface area (Å²) in [6, 6.07) is 3.41. The Hall–Kier alpha value is -1.53. The summed E-state index contributed by atoms with van der Waals surface area (Å²) in [4.78, 5) is 9.56. The Morgan fingerprint density at radius 1 is 1.56 bits per heavy atom. The largest absolute Gasteiger partial charge is 0.394 e.